The second kappa shape index (κ2) is 5.32. The first-order chi connectivity index (χ1) is 7.78. The molecule has 2 aliphatic heterocycles. The van der Waals surface area contributed by atoms with Crippen molar-refractivity contribution in [3.8, 4) is 0 Å². The lowest BCUT2D eigenvalue weighted by atomic mass is 10.2. The van der Waals surface area contributed by atoms with E-state index in [-0.39, 0.29) is 6.10 Å². The number of aliphatic imine (C=N–C) groups is 1. The summed E-state index contributed by atoms with van der Waals surface area (Å²) < 4.78 is 5.39. The molecule has 0 aromatic carbocycles. The summed E-state index contributed by atoms with van der Waals surface area (Å²) in [6, 6.07) is 0.343. The van der Waals surface area contributed by atoms with Gasteiger partial charge < -0.3 is 10.5 Å². The standard InChI is InChI=1S/C11H20N4O/c1-2-3-14-4-6-15(7-5-14)9-10-8-13-11(12)16-10/h2,10H,1,3-9H2,(H2,12,13). The van der Waals surface area contributed by atoms with Crippen LogP contribution in [0, 0.1) is 0 Å². The summed E-state index contributed by atoms with van der Waals surface area (Å²) in [6.45, 7) is 10.8. The number of rotatable bonds is 4. The average Bonchev–Trinajstić information content (AvgIpc) is 2.67. The minimum Gasteiger partial charge on any atom is -0.459 e. The lowest BCUT2D eigenvalue weighted by Gasteiger charge is -2.34. The Morgan fingerprint density at radius 3 is 2.62 bits per heavy atom. The van der Waals surface area contributed by atoms with Crippen LogP contribution in [0.25, 0.3) is 0 Å². The van der Waals surface area contributed by atoms with E-state index in [0.29, 0.717) is 12.6 Å². The fraction of sp³-hybridized carbons (Fsp3) is 0.727. The molecule has 2 N–H and O–H groups in total. The molecule has 1 saturated heterocycles. The highest BCUT2D eigenvalue weighted by Crippen LogP contribution is 2.07. The van der Waals surface area contributed by atoms with Crippen LogP contribution in [0.5, 0.6) is 0 Å². The van der Waals surface area contributed by atoms with Crippen LogP contribution >= 0.6 is 0 Å². The van der Waals surface area contributed by atoms with Crippen LogP contribution in [0.1, 0.15) is 0 Å². The lowest BCUT2D eigenvalue weighted by Crippen LogP contribution is -2.48. The number of piperazine rings is 1. The van der Waals surface area contributed by atoms with Gasteiger partial charge in [0.25, 0.3) is 6.02 Å². The largest absolute Gasteiger partial charge is 0.459 e. The van der Waals surface area contributed by atoms with Gasteiger partial charge in [-0.25, -0.2) is 4.99 Å². The quantitative estimate of drug-likeness (QED) is 0.654. The molecule has 2 heterocycles. The summed E-state index contributed by atoms with van der Waals surface area (Å²) >= 11 is 0. The van der Waals surface area contributed by atoms with Gasteiger partial charge in [-0.15, -0.1) is 6.58 Å². The van der Waals surface area contributed by atoms with E-state index in [1.165, 1.54) is 0 Å². The van der Waals surface area contributed by atoms with Crippen LogP contribution in [0.2, 0.25) is 0 Å². The zero-order valence-electron chi connectivity index (χ0n) is 9.64. The van der Waals surface area contributed by atoms with Crippen LogP contribution < -0.4 is 5.73 Å². The number of ether oxygens (including phenoxy) is 1. The Bertz CT molecular complexity index is 271. The first-order valence-corrected chi connectivity index (χ1v) is 5.80. The predicted octanol–water partition coefficient (Wildman–Crippen LogP) is -0.496. The first-order valence-electron chi connectivity index (χ1n) is 5.80. The van der Waals surface area contributed by atoms with Crippen molar-refractivity contribution in [2.24, 2.45) is 10.7 Å². The Kier molecular flexibility index (Phi) is 3.79. The molecule has 1 fully saturated rings. The van der Waals surface area contributed by atoms with Gasteiger partial charge >= 0.3 is 0 Å². The van der Waals surface area contributed by atoms with E-state index in [1.807, 2.05) is 6.08 Å². The van der Waals surface area contributed by atoms with E-state index >= 15 is 0 Å². The highest BCUT2D eigenvalue weighted by molar-refractivity contribution is 5.73. The Labute approximate surface area is 96.6 Å². The van der Waals surface area contributed by atoms with Crippen LogP contribution in [-0.2, 0) is 4.74 Å². The minimum atomic E-state index is 0.158. The van der Waals surface area contributed by atoms with Crippen molar-refractivity contribution in [2.75, 3.05) is 45.8 Å². The summed E-state index contributed by atoms with van der Waals surface area (Å²) in [6.07, 6.45) is 2.12. The third-order valence-corrected chi connectivity index (χ3v) is 3.05. The van der Waals surface area contributed by atoms with E-state index in [9.17, 15) is 0 Å². The van der Waals surface area contributed by atoms with Gasteiger partial charge in [0.1, 0.15) is 6.10 Å². The number of nitrogens with two attached hydrogens (primary N) is 1. The fourth-order valence-corrected chi connectivity index (χ4v) is 2.16. The molecule has 0 saturated carbocycles. The van der Waals surface area contributed by atoms with Crippen molar-refractivity contribution in [2.45, 2.75) is 6.10 Å². The van der Waals surface area contributed by atoms with Gasteiger partial charge in [-0.3, -0.25) is 9.80 Å². The summed E-state index contributed by atoms with van der Waals surface area (Å²) in [5, 5.41) is 0. The Hall–Kier alpha value is -1.07. The van der Waals surface area contributed by atoms with E-state index in [1.54, 1.807) is 0 Å². The summed E-state index contributed by atoms with van der Waals surface area (Å²) in [5.41, 5.74) is 5.48. The van der Waals surface area contributed by atoms with Gasteiger partial charge in [0.15, 0.2) is 0 Å². The molecule has 0 aromatic rings. The van der Waals surface area contributed by atoms with Gasteiger partial charge in [-0.1, -0.05) is 6.08 Å². The number of nitrogens with zero attached hydrogens (tertiary/aromatic N) is 3. The zero-order chi connectivity index (χ0) is 11.4. The number of amidine groups is 1. The SMILES string of the molecule is C=CCN1CCN(CC2CN=C(N)O2)CC1. The number of hydrogen-bond acceptors (Lipinski definition) is 5. The molecular formula is C11H20N4O. The molecule has 5 nitrogen and oxygen atoms in total. The topological polar surface area (TPSA) is 54.1 Å². The molecule has 0 aliphatic carbocycles. The molecular weight excluding hydrogens is 204 g/mol. The van der Waals surface area contributed by atoms with Crippen LogP contribution in [-0.4, -0.2) is 67.7 Å². The first kappa shape index (κ1) is 11.4. The van der Waals surface area contributed by atoms with Gasteiger partial charge in [0.2, 0.25) is 0 Å². The van der Waals surface area contributed by atoms with Crippen LogP contribution in [0.4, 0.5) is 0 Å². The summed E-state index contributed by atoms with van der Waals surface area (Å²) in [5.74, 6) is 0. The normalized spacial score (nSPS) is 27.5. The maximum Gasteiger partial charge on any atom is 0.282 e. The third-order valence-electron chi connectivity index (χ3n) is 3.05. The summed E-state index contributed by atoms with van der Waals surface area (Å²) in [4.78, 5) is 8.87. The van der Waals surface area contributed by atoms with Crippen LogP contribution in [0.15, 0.2) is 17.6 Å². The Morgan fingerprint density at radius 1 is 1.38 bits per heavy atom. The van der Waals surface area contributed by atoms with Gasteiger partial charge in [-0.2, -0.15) is 0 Å². The van der Waals surface area contributed by atoms with Crippen molar-refractivity contribution in [3.63, 3.8) is 0 Å². The number of hydrogen-bond donors (Lipinski definition) is 1. The molecule has 1 unspecified atom stereocenters. The minimum absolute atomic E-state index is 0.158. The van der Waals surface area contributed by atoms with Gasteiger partial charge in [-0.05, 0) is 0 Å². The zero-order valence-corrected chi connectivity index (χ0v) is 9.64. The fourth-order valence-electron chi connectivity index (χ4n) is 2.16. The van der Waals surface area contributed by atoms with E-state index in [4.69, 9.17) is 10.5 Å². The van der Waals surface area contributed by atoms with Crippen molar-refractivity contribution >= 4 is 6.02 Å². The maximum atomic E-state index is 5.48. The lowest BCUT2D eigenvalue weighted by molar-refractivity contribution is 0.0946. The van der Waals surface area contributed by atoms with Crippen molar-refractivity contribution < 1.29 is 4.74 Å². The molecule has 16 heavy (non-hydrogen) atoms. The molecule has 0 amide bonds. The van der Waals surface area contributed by atoms with Crippen molar-refractivity contribution in [1.29, 1.82) is 0 Å². The second-order valence-electron chi connectivity index (χ2n) is 4.31. The molecule has 0 spiro atoms. The maximum absolute atomic E-state index is 5.48. The monoisotopic (exact) mass is 224 g/mol. The Balaban J connectivity index is 1.67. The van der Waals surface area contributed by atoms with Crippen LogP contribution in [0.3, 0.4) is 0 Å². The molecule has 5 heteroatoms. The molecule has 0 radical (unpaired) electrons. The Morgan fingerprint density at radius 2 is 2.06 bits per heavy atom. The molecule has 2 aliphatic rings. The van der Waals surface area contributed by atoms with Gasteiger partial charge in [0.05, 0.1) is 6.54 Å². The van der Waals surface area contributed by atoms with Crippen molar-refractivity contribution in [1.82, 2.24) is 9.80 Å². The average molecular weight is 224 g/mol. The third kappa shape index (κ3) is 2.96. The van der Waals surface area contributed by atoms with E-state index < -0.39 is 0 Å². The smallest absolute Gasteiger partial charge is 0.282 e. The molecule has 2 rings (SSSR count). The van der Waals surface area contributed by atoms with E-state index in [0.717, 1.165) is 39.3 Å². The highest BCUT2D eigenvalue weighted by atomic mass is 16.5. The molecule has 1 atom stereocenters. The van der Waals surface area contributed by atoms with Gasteiger partial charge in [0, 0.05) is 39.3 Å². The molecule has 90 valence electrons. The van der Waals surface area contributed by atoms with E-state index in [2.05, 4.69) is 21.4 Å². The highest BCUT2D eigenvalue weighted by Gasteiger charge is 2.23. The predicted molar refractivity (Wildman–Crippen MR) is 64.4 cm³/mol. The molecule has 0 bridgehead atoms. The second-order valence-corrected chi connectivity index (χ2v) is 4.31. The van der Waals surface area contributed by atoms with Crippen molar-refractivity contribution in [3.05, 3.63) is 12.7 Å². The summed E-state index contributed by atoms with van der Waals surface area (Å²) in [7, 11) is 0. The molecule has 0 aromatic heterocycles.